The van der Waals surface area contributed by atoms with Gasteiger partial charge in [0.05, 0.1) is 11.5 Å². The van der Waals surface area contributed by atoms with E-state index in [0.717, 1.165) is 6.42 Å². The maximum atomic E-state index is 12.6. The smallest absolute Gasteiger partial charge is 0.243 e. The Morgan fingerprint density at radius 2 is 2.20 bits per heavy atom. The predicted molar refractivity (Wildman–Crippen MR) is 79.3 cm³/mol. The zero-order chi connectivity index (χ0) is 14.9. The Bertz CT molecular complexity index is 581. The van der Waals surface area contributed by atoms with E-state index in [-0.39, 0.29) is 10.8 Å². The quantitative estimate of drug-likeness (QED) is 0.860. The number of nitrogen functional groups attached to an aromatic ring is 1. The van der Waals surface area contributed by atoms with Crippen LogP contribution in [-0.2, 0) is 14.8 Å². The average Bonchev–Trinajstić information content (AvgIpc) is 2.85. The lowest BCUT2D eigenvalue weighted by Crippen LogP contribution is -2.29. The number of nitrogens with zero attached hydrogens (tertiary/aromatic N) is 1. The molecule has 1 unspecified atom stereocenters. The molecular weight excluding hydrogens is 300 g/mol. The Kier molecular flexibility index (Phi) is 4.59. The minimum Gasteiger partial charge on any atom is -0.398 e. The number of ether oxygens (including phenoxy) is 1. The van der Waals surface area contributed by atoms with Crippen molar-refractivity contribution in [3.63, 3.8) is 0 Å². The summed E-state index contributed by atoms with van der Waals surface area (Å²) in [7, 11) is -1.92. The number of sulfonamides is 1. The van der Waals surface area contributed by atoms with Crippen molar-refractivity contribution in [2.75, 3.05) is 32.5 Å². The summed E-state index contributed by atoms with van der Waals surface area (Å²) < 4.78 is 31.7. The van der Waals surface area contributed by atoms with E-state index in [2.05, 4.69) is 0 Å². The van der Waals surface area contributed by atoms with Crippen molar-refractivity contribution in [3.05, 3.63) is 22.7 Å². The lowest BCUT2D eigenvalue weighted by atomic mass is 10.1. The molecule has 1 saturated heterocycles. The van der Waals surface area contributed by atoms with Gasteiger partial charge in [0.1, 0.15) is 0 Å². The second-order valence-corrected chi connectivity index (χ2v) is 7.44. The second-order valence-electron chi connectivity index (χ2n) is 5.09. The predicted octanol–water partition coefficient (Wildman–Crippen LogP) is 1.89. The first-order valence-electron chi connectivity index (χ1n) is 6.41. The van der Waals surface area contributed by atoms with Gasteiger partial charge in [0.2, 0.25) is 10.0 Å². The molecule has 112 valence electrons. The highest BCUT2D eigenvalue weighted by atomic mass is 35.5. The first-order chi connectivity index (χ1) is 9.36. The van der Waals surface area contributed by atoms with Crippen molar-refractivity contribution in [3.8, 4) is 0 Å². The largest absolute Gasteiger partial charge is 0.398 e. The van der Waals surface area contributed by atoms with Crippen molar-refractivity contribution >= 4 is 27.3 Å². The molecule has 0 spiro atoms. The molecule has 0 radical (unpaired) electrons. The van der Waals surface area contributed by atoms with Gasteiger partial charge in [0, 0.05) is 30.9 Å². The monoisotopic (exact) mass is 318 g/mol. The van der Waals surface area contributed by atoms with Crippen molar-refractivity contribution < 1.29 is 13.2 Å². The van der Waals surface area contributed by atoms with E-state index < -0.39 is 10.0 Å². The minimum atomic E-state index is -3.54. The second kappa shape index (κ2) is 5.89. The molecule has 0 bridgehead atoms. The van der Waals surface area contributed by atoms with Crippen LogP contribution in [0.1, 0.15) is 12.0 Å². The lowest BCUT2D eigenvalue weighted by molar-refractivity contribution is 0.157. The molecule has 5 nitrogen and oxygen atoms in total. The Hall–Kier alpha value is -0.820. The maximum Gasteiger partial charge on any atom is 0.243 e. The number of anilines is 1. The maximum absolute atomic E-state index is 12.6. The van der Waals surface area contributed by atoms with Crippen molar-refractivity contribution in [2.45, 2.75) is 18.2 Å². The van der Waals surface area contributed by atoms with Gasteiger partial charge in [-0.15, -0.1) is 0 Å². The number of rotatable bonds is 4. The van der Waals surface area contributed by atoms with Crippen LogP contribution in [-0.4, -0.2) is 39.5 Å². The van der Waals surface area contributed by atoms with Gasteiger partial charge in [0.25, 0.3) is 0 Å². The van der Waals surface area contributed by atoms with Gasteiger partial charge in [0.15, 0.2) is 0 Å². The number of nitrogens with two attached hydrogens (primary N) is 1. The molecule has 2 N–H and O–H groups in total. The molecule has 0 aromatic heterocycles. The van der Waals surface area contributed by atoms with Gasteiger partial charge in [-0.05, 0) is 37.0 Å². The molecular formula is C13H19ClN2O3S. The summed E-state index contributed by atoms with van der Waals surface area (Å²) in [6.07, 6.45) is 0.808. The van der Waals surface area contributed by atoms with E-state index in [1.165, 1.54) is 16.4 Å². The van der Waals surface area contributed by atoms with E-state index >= 15 is 0 Å². The van der Waals surface area contributed by atoms with Gasteiger partial charge in [-0.3, -0.25) is 0 Å². The van der Waals surface area contributed by atoms with Gasteiger partial charge >= 0.3 is 0 Å². The highest BCUT2D eigenvalue weighted by Gasteiger charge is 2.32. The third-order valence-corrected chi connectivity index (χ3v) is 5.88. The third kappa shape index (κ3) is 2.93. The number of hydrogen-bond donors (Lipinski definition) is 1. The Morgan fingerprint density at radius 1 is 1.50 bits per heavy atom. The summed E-state index contributed by atoms with van der Waals surface area (Å²) in [5.74, 6) is 0.244. The number of halogens is 1. The van der Waals surface area contributed by atoms with Gasteiger partial charge < -0.3 is 10.5 Å². The molecule has 1 aromatic carbocycles. The van der Waals surface area contributed by atoms with Crippen molar-refractivity contribution in [1.29, 1.82) is 0 Å². The summed E-state index contributed by atoms with van der Waals surface area (Å²) in [5.41, 5.74) is 6.90. The Balaban J connectivity index is 2.28. The normalized spacial score (nSPS) is 20.4. The number of methoxy groups -OCH3 is 1. The van der Waals surface area contributed by atoms with Crippen LogP contribution in [0.3, 0.4) is 0 Å². The molecule has 0 aliphatic carbocycles. The summed E-state index contributed by atoms with van der Waals surface area (Å²) >= 11 is 6.03. The van der Waals surface area contributed by atoms with Crippen LogP contribution in [0.4, 0.5) is 5.69 Å². The molecule has 0 amide bonds. The molecule has 0 saturated carbocycles. The van der Waals surface area contributed by atoms with Crippen LogP contribution >= 0.6 is 11.6 Å². The fourth-order valence-electron chi connectivity index (χ4n) is 2.36. The molecule has 1 aromatic rings. The van der Waals surface area contributed by atoms with Crippen molar-refractivity contribution in [2.24, 2.45) is 5.92 Å². The fraction of sp³-hybridized carbons (Fsp3) is 0.538. The van der Waals surface area contributed by atoms with E-state index in [0.29, 0.717) is 36.0 Å². The first-order valence-corrected chi connectivity index (χ1v) is 8.22. The zero-order valence-electron chi connectivity index (χ0n) is 11.6. The molecule has 1 heterocycles. The average molecular weight is 319 g/mol. The van der Waals surface area contributed by atoms with Crippen LogP contribution in [0.25, 0.3) is 0 Å². The summed E-state index contributed by atoms with van der Waals surface area (Å²) in [5, 5.41) is 0.371. The molecule has 7 heteroatoms. The highest BCUT2D eigenvalue weighted by molar-refractivity contribution is 7.89. The van der Waals surface area contributed by atoms with Crippen LogP contribution in [0.5, 0.6) is 0 Å². The van der Waals surface area contributed by atoms with Gasteiger partial charge in [-0.2, -0.15) is 4.31 Å². The number of benzene rings is 1. The van der Waals surface area contributed by atoms with E-state index in [4.69, 9.17) is 22.1 Å². The van der Waals surface area contributed by atoms with Gasteiger partial charge in [-0.25, -0.2) is 8.42 Å². The van der Waals surface area contributed by atoms with Crippen LogP contribution < -0.4 is 5.73 Å². The Morgan fingerprint density at radius 3 is 2.80 bits per heavy atom. The minimum absolute atomic E-state index is 0.156. The van der Waals surface area contributed by atoms with E-state index in [1.807, 2.05) is 0 Å². The van der Waals surface area contributed by atoms with Gasteiger partial charge in [-0.1, -0.05) is 11.6 Å². The van der Waals surface area contributed by atoms with E-state index in [1.54, 1.807) is 14.0 Å². The SMILES string of the molecule is COCC1CCN(S(=O)(=O)c2cc(N)c(C)c(Cl)c2)C1. The van der Waals surface area contributed by atoms with Crippen LogP contribution in [0.2, 0.25) is 5.02 Å². The zero-order valence-corrected chi connectivity index (χ0v) is 13.2. The molecule has 20 heavy (non-hydrogen) atoms. The molecule has 1 atom stereocenters. The molecule has 1 fully saturated rings. The molecule has 1 aliphatic heterocycles. The fourth-order valence-corrected chi connectivity index (χ4v) is 4.24. The number of hydrogen-bond acceptors (Lipinski definition) is 4. The first kappa shape index (κ1) is 15.6. The molecule has 1 aliphatic rings. The lowest BCUT2D eigenvalue weighted by Gasteiger charge is -2.17. The van der Waals surface area contributed by atoms with E-state index in [9.17, 15) is 8.42 Å². The highest BCUT2D eigenvalue weighted by Crippen LogP contribution is 2.30. The topological polar surface area (TPSA) is 72.6 Å². The van der Waals surface area contributed by atoms with Crippen molar-refractivity contribution in [1.82, 2.24) is 4.31 Å². The standard InChI is InChI=1S/C13H19ClN2O3S/c1-9-12(14)5-11(6-13(9)15)20(17,18)16-4-3-10(7-16)8-19-2/h5-6,10H,3-4,7-8,15H2,1-2H3. The summed E-state index contributed by atoms with van der Waals surface area (Å²) in [6, 6.07) is 2.94. The third-order valence-electron chi connectivity index (χ3n) is 3.65. The summed E-state index contributed by atoms with van der Waals surface area (Å²) in [4.78, 5) is 0.156. The molecule has 2 rings (SSSR count). The van der Waals surface area contributed by atoms with Crippen LogP contribution in [0.15, 0.2) is 17.0 Å². The Labute approximate surface area is 124 Å². The summed E-state index contributed by atoms with van der Waals surface area (Å²) in [6.45, 7) is 3.31. The van der Waals surface area contributed by atoms with Crippen LogP contribution in [0, 0.1) is 12.8 Å².